The van der Waals surface area contributed by atoms with Crippen molar-refractivity contribution in [2.24, 2.45) is 0 Å². The Morgan fingerprint density at radius 3 is 2.33 bits per heavy atom. The molecule has 3 nitrogen and oxygen atoms in total. The van der Waals surface area contributed by atoms with Crippen molar-refractivity contribution >= 4 is 73.7 Å². The van der Waals surface area contributed by atoms with Gasteiger partial charge in [-0.25, -0.2) is 4.79 Å². The summed E-state index contributed by atoms with van der Waals surface area (Å²) in [5.41, 5.74) is 0.731. The molecule has 2 aliphatic rings. The van der Waals surface area contributed by atoms with Crippen molar-refractivity contribution in [1.82, 2.24) is 4.90 Å². The topological polar surface area (TPSA) is 29.5 Å². The van der Waals surface area contributed by atoms with Gasteiger partial charge in [0.1, 0.15) is 6.10 Å². The zero-order valence-corrected chi connectivity index (χ0v) is 18.1. The van der Waals surface area contributed by atoms with E-state index in [1.807, 2.05) is 12.1 Å². The Bertz CT molecular complexity index is 564. The second-order valence-corrected chi connectivity index (χ2v) is 9.17. The Labute approximate surface area is 166 Å². The molecule has 2 saturated heterocycles. The first-order valence-electron chi connectivity index (χ1n) is 7.03. The van der Waals surface area contributed by atoms with Crippen LogP contribution in [0, 0.1) is 10.7 Å². The molecule has 2 atom stereocenters. The minimum atomic E-state index is -0.156. The SMILES string of the molecule is CN1C2CCC1CC(OC(=O)c1c(I)ccc(I)c1I)C2. The van der Waals surface area contributed by atoms with E-state index in [2.05, 4.69) is 79.7 Å². The van der Waals surface area contributed by atoms with Crippen LogP contribution in [-0.2, 0) is 4.74 Å². The van der Waals surface area contributed by atoms with E-state index < -0.39 is 0 Å². The Morgan fingerprint density at radius 2 is 1.71 bits per heavy atom. The first kappa shape index (κ1) is 16.7. The molecular weight excluding hydrogens is 607 g/mol. The van der Waals surface area contributed by atoms with Crippen molar-refractivity contribution in [1.29, 1.82) is 0 Å². The smallest absolute Gasteiger partial charge is 0.340 e. The molecule has 0 N–H and O–H groups in total. The monoisotopic (exact) mass is 623 g/mol. The summed E-state index contributed by atoms with van der Waals surface area (Å²) in [4.78, 5) is 15.0. The van der Waals surface area contributed by atoms with Crippen molar-refractivity contribution in [2.75, 3.05) is 7.05 Å². The van der Waals surface area contributed by atoms with E-state index in [4.69, 9.17) is 4.74 Å². The van der Waals surface area contributed by atoms with Crippen LogP contribution >= 0.6 is 67.8 Å². The number of rotatable bonds is 2. The summed E-state index contributed by atoms with van der Waals surface area (Å²) >= 11 is 6.73. The number of nitrogens with zero attached hydrogens (tertiary/aromatic N) is 1. The van der Waals surface area contributed by atoms with Gasteiger partial charge < -0.3 is 9.64 Å². The molecule has 1 aromatic rings. The van der Waals surface area contributed by atoms with Crippen LogP contribution in [0.4, 0.5) is 0 Å². The van der Waals surface area contributed by atoms with E-state index >= 15 is 0 Å². The van der Waals surface area contributed by atoms with Crippen molar-refractivity contribution in [3.63, 3.8) is 0 Å². The predicted octanol–water partition coefficient (Wildman–Crippen LogP) is 4.28. The molecule has 0 saturated carbocycles. The van der Waals surface area contributed by atoms with E-state index in [0.29, 0.717) is 12.1 Å². The second-order valence-electron chi connectivity index (χ2n) is 5.77. The highest BCUT2D eigenvalue weighted by Crippen LogP contribution is 2.36. The highest BCUT2D eigenvalue weighted by atomic mass is 127. The molecule has 21 heavy (non-hydrogen) atoms. The van der Waals surface area contributed by atoms with Crippen molar-refractivity contribution < 1.29 is 9.53 Å². The van der Waals surface area contributed by atoms with Crippen LogP contribution in [0.15, 0.2) is 12.1 Å². The van der Waals surface area contributed by atoms with Crippen molar-refractivity contribution in [3.05, 3.63) is 28.4 Å². The molecule has 2 heterocycles. The van der Waals surface area contributed by atoms with Gasteiger partial charge in [0.15, 0.2) is 0 Å². The summed E-state index contributed by atoms with van der Waals surface area (Å²) in [7, 11) is 2.20. The molecule has 114 valence electrons. The molecule has 3 rings (SSSR count). The minimum absolute atomic E-state index is 0.0793. The highest BCUT2D eigenvalue weighted by molar-refractivity contribution is 14.1. The van der Waals surface area contributed by atoms with Gasteiger partial charge in [-0.3, -0.25) is 0 Å². The van der Waals surface area contributed by atoms with Gasteiger partial charge in [-0.1, -0.05) is 0 Å². The van der Waals surface area contributed by atoms with E-state index in [1.54, 1.807) is 0 Å². The number of benzene rings is 1. The van der Waals surface area contributed by atoms with Gasteiger partial charge in [-0.2, -0.15) is 0 Å². The molecule has 2 aliphatic heterocycles. The van der Waals surface area contributed by atoms with Gasteiger partial charge in [0.2, 0.25) is 0 Å². The van der Waals surface area contributed by atoms with Crippen molar-refractivity contribution in [2.45, 2.75) is 43.9 Å². The average molecular weight is 623 g/mol. The summed E-state index contributed by atoms with van der Waals surface area (Å²) in [6.45, 7) is 0. The Hall–Kier alpha value is 0.840. The maximum Gasteiger partial charge on any atom is 0.340 e. The van der Waals surface area contributed by atoms with Crippen LogP contribution in [0.3, 0.4) is 0 Å². The lowest BCUT2D eigenvalue weighted by Gasteiger charge is -2.35. The summed E-state index contributed by atoms with van der Waals surface area (Å²) in [6.07, 6.45) is 4.53. The Balaban J connectivity index is 1.75. The molecule has 0 amide bonds. The molecule has 6 heteroatoms. The number of halogens is 3. The first-order chi connectivity index (χ1) is 9.97. The lowest BCUT2D eigenvalue weighted by molar-refractivity contribution is -0.000655. The van der Waals surface area contributed by atoms with Crippen LogP contribution < -0.4 is 0 Å². The number of hydrogen-bond acceptors (Lipinski definition) is 3. The van der Waals surface area contributed by atoms with Crippen LogP contribution in [0.5, 0.6) is 0 Å². The second kappa shape index (κ2) is 6.76. The van der Waals surface area contributed by atoms with Crippen molar-refractivity contribution in [3.8, 4) is 0 Å². The third-order valence-corrected chi connectivity index (χ3v) is 8.53. The van der Waals surface area contributed by atoms with E-state index in [9.17, 15) is 4.79 Å². The first-order valence-corrected chi connectivity index (χ1v) is 10.3. The molecule has 0 aromatic heterocycles. The quantitative estimate of drug-likeness (QED) is 0.280. The molecule has 2 unspecified atom stereocenters. The highest BCUT2D eigenvalue weighted by Gasteiger charge is 2.40. The summed E-state index contributed by atoms with van der Waals surface area (Å²) in [5, 5.41) is 0. The third kappa shape index (κ3) is 3.37. The maximum atomic E-state index is 12.6. The summed E-state index contributed by atoms with van der Waals surface area (Å²) < 4.78 is 8.92. The minimum Gasteiger partial charge on any atom is -0.459 e. The van der Waals surface area contributed by atoms with Crippen LogP contribution in [0.25, 0.3) is 0 Å². The third-order valence-electron chi connectivity index (χ3n) is 4.58. The molecule has 0 aliphatic carbocycles. The fraction of sp³-hybridized carbons (Fsp3) is 0.533. The van der Waals surface area contributed by atoms with E-state index in [1.165, 1.54) is 12.8 Å². The van der Waals surface area contributed by atoms with Crippen LogP contribution in [-0.4, -0.2) is 36.1 Å². The molecule has 2 fully saturated rings. The molecular formula is C15H16I3NO2. The maximum absolute atomic E-state index is 12.6. The summed E-state index contributed by atoms with van der Waals surface area (Å²) in [5.74, 6) is -0.156. The van der Waals surface area contributed by atoms with Gasteiger partial charge in [-0.05, 0) is 99.8 Å². The van der Waals surface area contributed by atoms with Gasteiger partial charge in [-0.15, -0.1) is 0 Å². The predicted molar refractivity (Wildman–Crippen MR) is 108 cm³/mol. The number of carbonyl (C=O) groups excluding carboxylic acids is 1. The van der Waals surface area contributed by atoms with Gasteiger partial charge in [0, 0.05) is 35.6 Å². The molecule has 0 radical (unpaired) electrons. The van der Waals surface area contributed by atoms with Gasteiger partial charge in [0.05, 0.1) is 5.56 Å². The van der Waals surface area contributed by atoms with Gasteiger partial charge in [0.25, 0.3) is 0 Å². The van der Waals surface area contributed by atoms with Crippen LogP contribution in [0.1, 0.15) is 36.0 Å². The number of piperidine rings is 1. The zero-order chi connectivity index (χ0) is 15.1. The largest absolute Gasteiger partial charge is 0.459 e. The lowest BCUT2D eigenvalue weighted by atomic mass is 10.0. The Kier molecular flexibility index (Phi) is 5.37. The number of fused-ring (bicyclic) bond motifs is 2. The number of hydrogen-bond donors (Lipinski definition) is 0. The van der Waals surface area contributed by atoms with E-state index in [-0.39, 0.29) is 12.1 Å². The molecule has 0 spiro atoms. The average Bonchev–Trinajstić information content (AvgIpc) is 2.65. The van der Waals surface area contributed by atoms with E-state index in [0.717, 1.165) is 29.1 Å². The summed E-state index contributed by atoms with van der Waals surface area (Å²) in [6, 6.07) is 5.21. The van der Waals surface area contributed by atoms with Gasteiger partial charge >= 0.3 is 5.97 Å². The number of carbonyl (C=O) groups is 1. The Morgan fingerprint density at radius 1 is 1.14 bits per heavy atom. The zero-order valence-electron chi connectivity index (χ0n) is 11.6. The fourth-order valence-corrected chi connectivity index (χ4v) is 5.71. The fourth-order valence-electron chi connectivity index (χ4n) is 3.38. The molecule has 1 aromatic carbocycles. The molecule has 2 bridgehead atoms. The number of esters is 1. The lowest BCUT2D eigenvalue weighted by Crippen LogP contribution is -2.43. The standard InChI is InChI=1S/C15H16I3NO2/c1-19-8-2-3-9(19)7-10(6-8)21-15(20)13-11(16)4-5-12(17)14(13)18/h4-5,8-10H,2-3,6-7H2,1H3. The normalized spacial score (nSPS) is 28.7. The van der Waals surface area contributed by atoms with Crippen LogP contribution in [0.2, 0.25) is 0 Å². The number of ether oxygens (including phenoxy) is 1.